The zero-order chi connectivity index (χ0) is 11.0. The fourth-order valence-electron chi connectivity index (χ4n) is 1.78. The van der Waals surface area contributed by atoms with Crippen molar-refractivity contribution in [2.45, 2.75) is 12.5 Å². The summed E-state index contributed by atoms with van der Waals surface area (Å²) in [6, 6.07) is 6.57. The standard InChI is InChI=1S/C11H11BrN2OS/c12-7-1-2-9-10(5-7)16-11(14-9)13-8-3-4-15-6-8/h1-2,5,8H,3-4,6H2,(H,13,14). The van der Waals surface area contributed by atoms with Crippen LogP contribution in [0.15, 0.2) is 22.7 Å². The van der Waals surface area contributed by atoms with Crippen molar-refractivity contribution in [1.82, 2.24) is 4.98 Å². The number of benzene rings is 1. The summed E-state index contributed by atoms with van der Waals surface area (Å²) >= 11 is 5.16. The highest BCUT2D eigenvalue weighted by Gasteiger charge is 2.16. The molecule has 3 rings (SSSR count). The average Bonchev–Trinajstić information content (AvgIpc) is 2.86. The molecule has 0 bridgehead atoms. The Kier molecular flexibility index (Phi) is 2.83. The Hall–Kier alpha value is -0.650. The van der Waals surface area contributed by atoms with Gasteiger partial charge in [0.05, 0.1) is 22.9 Å². The van der Waals surface area contributed by atoms with Gasteiger partial charge in [-0.3, -0.25) is 0 Å². The number of aromatic nitrogens is 1. The quantitative estimate of drug-likeness (QED) is 0.924. The molecule has 1 aromatic carbocycles. The van der Waals surface area contributed by atoms with E-state index < -0.39 is 0 Å². The van der Waals surface area contributed by atoms with Crippen LogP contribution in [0.4, 0.5) is 5.13 Å². The summed E-state index contributed by atoms with van der Waals surface area (Å²) in [5.41, 5.74) is 1.05. The molecule has 1 fully saturated rings. The third-order valence-electron chi connectivity index (χ3n) is 2.61. The van der Waals surface area contributed by atoms with Crippen LogP contribution in [0.5, 0.6) is 0 Å². The van der Waals surface area contributed by atoms with E-state index in [2.05, 4.69) is 32.3 Å². The van der Waals surface area contributed by atoms with E-state index in [-0.39, 0.29) is 0 Å². The third kappa shape index (κ3) is 2.07. The van der Waals surface area contributed by atoms with Gasteiger partial charge in [-0.15, -0.1) is 0 Å². The summed E-state index contributed by atoms with van der Waals surface area (Å²) in [4.78, 5) is 4.55. The molecule has 1 N–H and O–H groups in total. The molecule has 3 nitrogen and oxygen atoms in total. The number of ether oxygens (including phenoxy) is 1. The molecule has 16 heavy (non-hydrogen) atoms. The molecule has 2 heterocycles. The van der Waals surface area contributed by atoms with Gasteiger partial charge in [-0.05, 0) is 24.6 Å². The van der Waals surface area contributed by atoms with Crippen molar-refractivity contribution in [1.29, 1.82) is 0 Å². The van der Waals surface area contributed by atoms with E-state index in [1.807, 2.05) is 12.1 Å². The largest absolute Gasteiger partial charge is 0.379 e. The van der Waals surface area contributed by atoms with Gasteiger partial charge >= 0.3 is 0 Å². The van der Waals surface area contributed by atoms with E-state index in [1.165, 1.54) is 4.70 Å². The molecule has 0 amide bonds. The number of hydrogen-bond donors (Lipinski definition) is 1. The van der Waals surface area contributed by atoms with E-state index in [4.69, 9.17) is 4.74 Å². The molecule has 0 saturated carbocycles. The Morgan fingerprint density at radius 2 is 2.44 bits per heavy atom. The van der Waals surface area contributed by atoms with E-state index in [0.717, 1.165) is 34.8 Å². The Morgan fingerprint density at radius 3 is 3.25 bits per heavy atom. The second-order valence-corrected chi connectivity index (χ2v) is 5.78. The predicted molar refractivity (Wildman–Crippen MR) is 70.2 cm³/mol. The topological polar surface area (TPSA) is 34.2 Å². The molecule has 1 saturated heterocycles. The molecule has 5 heteroatoms. The van der Waals surface area contributed by atoms with Gasteiger partial charge in [0, 0.05) is 11.1 Å². The second kappa shape index (κ2) is 4.31. The maximum absolute atomic E-state index is 5.33. The number of fused-ring (bicyclic) bond motifs is 1. The summed E-state index contributed by atoms with van der Waals surface area (Å²) < 4.78 is 7.63. The number of halogens is 1. The monoisotopic (exact) mass is 298 g/mol. The molecule has 1 unspecified atom stereocenters. The van der Waals surface area contributed by atoms with E-state index >= 15 is 0 Å². The van der Waals surface area contributed by atoms with Gasteiger partial charge in [0.2, 0.25) is 0 Å². The van der Waals surface area contributed by atoms with Gasteiger partial charge in [-0.1, -0.05) is 27.3 Å². The summed E-state index contributed by atoms with van der Waals surface area (Å²) in [6.07, 6.45) is 1.07. The first-order valence-electron chi connectivity index (χ1n) is 5.21. The van der Waals surface area contributed by atoms with Crippen LogP contribution in [0.1, 0.15) is 6.42 Å². The van der Waals surface area contributed by atoms with Crippen molar-refractivity contribution in [2.75, 3.05) is 18.5 Å². The first kappa shape index (κ1) is 10.5. The lowest BCUT2D eigenvalue weighted by Gasteiger charge is -2.07. The molecular formula is C11H11BrN2OS. The van der Waals surface area contributed by atoms with Crippen molar-refractivity contribution in [3.05, 3.63) is 22.7 Å². The highest BCUT2D eigenvalue weighted by Crippen LogP contribution is 2.29. The van der Waals surface area contributed by atoms with Crippen molar-refractivity contribution in [2.24, 2.45) is 0 Å². The Labute approximate surface area is 106 Å². The number of hydrogen-bond acceptors (Lipinski definition) is 4. The predicted octanol–water partition coefficient (Wildman–Crippen LogP) is 3.26. The van der Waals surface area contributed by atoms with Gasteiger partial charge in [0.15, 0.2) is 5.13 Å². The number of anilines is 1. The first-order valence-corrected chi connectivity index (χ1v) is 6.82. The SMILES string of the molecule is Brc1ccc2nc(NC3CCOC3)sc2c1. The second-order valence-electron chi connectivity index (χ2n) is 3.84. The van der Waals surface area contributed by atoms with Crippen LogP contribution in [0.3, 0.4) is 0 Å². The number of nitrogens with zero attached hydrogens (tertiary/aromatic N) is 1. The highest BCUT2D eigenvalue weighted by atomic mass is 79.9. The molecule has 84 valence electrons. The minimum absolute atomic E-state index is 0.420. The van der Waals surface area contributed by atoms with Crippen LogP contribution < -0.4 is 5.32 Å². The maximum atomic E-state index is 5.33. The molecule has 1 aliphatic rings. The lowest BCUT2D eigenvalue weighted by molar-refractivity contribution is 0.195. The van der Waals surface area contributed by atoms with Crippen LogP contribution in [0.2, 0.25) is 0 Å². The summed E-state index contributed by atoms with van der Waals surface area (Å²) in [7, 11) is 0. The summed E-state index contributed by atoms with van der Waals surface area (Å²) in [5, 5.41) is 4.41. The van der Waals surface area contributed by atoms with Gasteiger partial charge in [-0.25, -0.2) is 4.98 Å². The zero-order valence-electron chi connectivity index (χ0n) is 8.57. The van der Waals surface area contributed by atoms with Crippen LogP contribution in [-0.2, 0) is 4.74 Å². The number of nitrogens with one attached hydrogen (secondary N) is 1. The van der Waals surface area contributed by atoms with E-state index in [1.54, 1.807) is 11.3 Å². The molecule has 0 spiro atoms. The van der Waals surface area contributed by atoms with Gasteiger partial charge in [0.25, 0.3) is 0 Å². The van der Waals surface area contributed by atoms with Gasteiger partial charge in [0.1, 0.15) is 0 Å². The molecule has 0 radical (unpaired) electrons. The minimum Gasteiger partial charge on any atom is -0.379 e. The van der Waals surface area contributed by atoms with Crippen molar-refractivity contribution in [3.63, 3.8) is 0 Å². The van der Waals surface area contributed by atoms with Crippen molar-refractivity contribution < 1.29 is 4.74 Å². The van der Waals surface area contributed by atoms with Crippen LogP contribution in [0, 0.1) is 0 Å². The Balaban J connectivity index is 1.86. The Morgan fingerprint density at radius 1 is 1.50 bits per heavy atom. The molecular weight excluding hydrogens is 288 g/mol. The van der Waals surface area contributed by atoms with Crippen LogP contribution >= 0.6 is 27.3 Å². The molecule has 2 aromatic rings. The van der Waals surface area contributed by atoms with Crippen molar-refractivity contribution in [3.8, 4) is 0 Å². The molecule has 1 aliphatic heterocycles. The number of rotatable bonds is 2. The van der Waals surface area contributed by atoms with Gasteiger partial charge < -0.3 is 10.1 Å². The lowest BCUT2D eigenvalue weighted by Crippen LogP contribution is -2.18. The smallest absolute Gasteiger partial charge is 0.184 e. The third-order valence-corrected chi connectivity index (χ3v) is 4.05. The molecule has 1 atom stereocenters. The maximum Gasteiger partial charge on any atom is 0.184 e. The average molecular weight is 299 g/mol. The molecule has 1 aromatic heterocycles. The highest BCUT2D eigenvalue weighted by molar-refractivity contribution is 9.10. The van der Waals surface area contributed by atoms with Crippen LogP contribution in [0.25, 0.3) is 10.2 Å². The van der Waals surface area contributed by atoms with E-state index in [0.29, 0.717) is 6.04 Å². The normalized spacial score (nSPS) is 20.4. The lowest BCUT2D eigenvalue weighted by atomic mass is 10.3. The van der Waals surface area contributed by atoms with Crippen molar-refractivity contribution >= 4 is 42.6 Å². The molecule has 0 aliphatic carbocycles. The van der Waals surface area contributed by atoms with E-state index in [9.17, 15) is 0 Å². The minimum atomic E-state index is 0.420. The summed E-state index contributed by atoms with van der Waals surface area (Å²) in [5.74, 6) is 0. The first-order chi connectivity index (χ1) is 7.81. The zero-order valence-corrected chi connectivity index (χ0v) is 11.0. The fraction of sp³-hybridized carbons (Fsp3) is 0.364. The number of thiazole rings is 1. The van der Waals surface area contributed by atoms with Crippen LogP contribution in [-0.4, -0.2) is 24.2 Å². The van der Waals surface area contributed by atoms with Gasteiger partial charge in [-0.2, -0.15) is 0 Å². The Bertz CT molecular complexity index is 508. The fourth-order valence-corrected chi connectivity index (χ4v) is 3.28. The summed E-state index contributed by atoms with van der Waals surface area (Å²) in [6.45, 7) is 1.65.